The number of piperidine rings is 1. The van der Waals surface area contributed by atoms with E-state index in [1.165, 1.54) is 30.0 Å². The first kappa shape index (κ1) is 9.62. The van der Waals surface area contributed by atoms with Gasteiger partial charge in [0.15, 0.2) is 3.92 Å². The van der Waals surface area contributed by atoms with Crippen LogP contribution >= 0.6 is 27.3 Å². The highest BCUT2D eigenvalue weighted by atomic mass is 79.9. The van der Waals surface area contributed by atoms with Crippen molar-refractivity contribution in [1.82, 2.24) is 10.3 Å². The number of hydrogen-bond donors (Lipinski definition) is 1. The topological polar surface area (TPSA) is 24.9 Å². The number of nitrogens with zero attached hydrogens (tertiary/aromatic N) is 1. The minimum Gasteiger partial charge on any atom is -0.316 e. The van der Waals surface area contributed by atoms with Crippen molar-refractivity contribution in [1.29, 1.82) is 0 Å². The third-order valence-corrected chi connectivity index (χ3v) is 3.93. The minimum atomic E-state index is 0.635. The van der Waals surface area contributed by atoms with Gasteiger partial charge < -0.3 is 5.32 Å². The molecule has 0 aromatic carbocycles. The van der Waals surface area contributed by atoms with E-state index in [1.54, 1.807) is 11.3 Å². The summed E-state index contributed by atoms with van der Waals surface area (Å²) in [6.45, 7) is 4.42. The lowest BCUT2D eigenvalue weighted by Crippen LogP contribution is -2.28. The van der Waals surface area contributed by atoms with E-state index in [4.69, 9.17) is 0 Å². The van der Waals surface area contributed by atoms with Gasteiger partial charge in [0.05, 0.1) is 5.69 Å². The maximum absolute atomic E-state index is 4.53. The fourth-order valence-corrected chi connectivity index (χ4v) is 3.47. The summed E-state index contributed by atoms with van der Waals surface area (Å²) in [5.74, 6) is 0.635. The first-order chi connectivity index (χ1) is 6.27. The first-order valence-corrected chi connectivity index (χ1v) is 6.22. The van der Waals surface area contributed by atoms with E-state index in [9.17, 15) is 0 Å². The monoisotopic (exact) mass is 260 g/mol. The van der Waals surface area contributed by atoms with E-state index < -0.39 is 0 Å². The lowest BCUT2D eigenvalue weighted by Gasteiger charge is -2.21. The molecule has 2 nitrogen and oxygen atoms in total. The highest BCUT2D eigenvalue weighted by molar-refractivity contribution is 9.11. The van der Waals surface area contributed by atoms with E-state index in [0.717, 1.165) is 10.5 Å². The number of hydrogen-bond acceptors (Lipinski definition) is 3. The molecular formula is C9H13BrN2S. The van der Waals surface area contributed by atoms with Crippen LogP contribution in [0.4, 0.5) is 0 Å². The van der Waals surface area contributed by atoms with Crippen LogP contribution < -0.4 is 5.32 Å². The standard InChI is InChI=1S/C9H13BrN2S/c1-6-8(12-9(10)13-6)7-3-2-4-11-5-7/h7,11H,2-5H2,1H3. The van der Waals surface area contributed by atoms with Crippen LogP contribution in [-0.4, -0.2) is 18.1 Å². The molecule has 0 aliphatic carbocycles. The normalized spacial score (nSPS) is 23.4. The second kappa shape index (κ2) is 4.07. The van der Waals surface area contributed by atoms with Gasteiger partial charge in [-0.1, -0.05) is 0 Å². The van der Waals surface area contributed by atoms with E-state index in [1.807, 2.05) is 0 Å². The van der Waals surface area contributed by atoms with Crippen LogP contribution in [0.25, 0.3) is 0 Å². The van der Waals surface area contributed by atoms with Crippen LogP contribution in [-0.2, 0) is 0 Å². The van der Waals surface area contributed by atoms with Gasteiger partial charge in [0.25, 0.3) is 0 Å². The van der Waals surface area contributed by atoms with Crippen molar-refractivity contribution in [2.24, 2.45) is 0 Å². The summed E-state index contributed by atoms with van der Waals surface area (Å²) in [7, 11) is 0. The Morgan fingerprint density at radius 3 is 3.00 bits per heavy atom. The molecule has 1 fully saturated rings. The van der Waals surface area contributed by atoms with Gasteiger partial charge in [-0.15, -0.1) is 11.3 Å². The Labute approximate surface area is 90.9 Å². The van der Waals surface area contributed by atoms with Gasteiger partial charge in [0.1, 0.15) is 0 Å². The zero-order valence-corrected chi connectivity index (χ0v) is 10.0. The minimum absolute atomic E-state index is 0.635. The molecule has 1 atom stereocenters. The van der Waals surface area contributed by atoms with Gasteiger partial charge in [0.2, 0.25) is 0 Å². The Balaban J connectivity index is 2.18. The molecular weight excluding hydrogens is 248 g/mol. The van der Waals surface area contributed by atoms with Crippen molar-refractivity contribution >= 4 is 27.3 Å². The predicted octanol–water partition coefficient (Wildman–Crippen LogP) is 2.68. The van der Waals surface area contributed by atoms with Gasteiger partial charge in [-0.2, -0.15) is 0 Å². The summed E-state index contributed by atoms with van der Waals surface area (Å²) in [6, 6.07) is 0. The molecule has 0 amide bonds. The van der Waals surface area contributed by atoms with Crippen molar-refractivity contribution in [3.05, 3.63) is 14.5 Å². The molecule has 2 heterocycles. The third-order valence-electron chi connectivity index (χ3n) is 2.49. The van der Waals surface area contributed by atoms with Gasteiger partial charge in [-0.25, -0.2) is 4.98 Å². The molecule has 0 spiro atoms. The Morgan fingerprint density at radius 1 is 1.62 bits per heavy atom. The van der Waals surface area contributed by atoms with Crippen LogP contribution in [0.3, 0.4) is 0 Å². The Hall–Kier alpha value is 0.0700. The van der Waals surface area contributed by atoms with Crippen molar-refractivity contribution in [3.63, 3.8) is 0 Å². The number of halogens is 1. The average Bonchev–Trinajstić information content (AvgIpc) is 2.47. The summed E-state index contributed by atoms with van der Waals surface area (Å²) in [5, 5.41) is 3.42. The Kier molecular flexibility index (Phi) is 3.01. The summed E-state index contributed by atoms with van der Waals surface area (Å²) >= 11 is 5.18. The van der Waals surface area contributed by atoms with E-state index in [2.05, 4.69) is 33.2 Å². The molecule has 0 saturated carbocycles. The van der Waals surface area contributed by atoms with E-state index in [0.29, 0.717) is 5.92 Å². The maximum atomic E-state index is 4.53. The molecule has 1 unspecified atom stereocenters. The summed E-state index contributed by atoms with van der Waals surface area (Å²) in [6.07, 6.45) is 2.56. The molecule has 2 rings (SSSR count). The van der Waals surface area contributed by atoms with Gasteiger partial charge in [-0.05, 0) is 42.2 Å². The highest BCUT2D eigenvalue weighted by Crippen LogP contribution is 2.30. The number of nitrogens with one attached hydrogen (secondary N) is 1. The van der Waals surface area contributed by atoms with Gasteiger partial charge in [0, 0.05) is 17.3 Å². The second-order valence-electron chi connectivity index (χ2n) is 3.45. The molecule has 1 N–H and O–H groups in total. The number of rotatable bonds is 1. The molecule has 72 valence electrons. The lowest BCUT2D eigenvalue weighted by atomic mass is 9.96. The largest absolute Gasteiger partial charge is 0.316 e. The molecule has 4 heteroatoms. The maximum Gasteiger partial charge on any atom is 0.159 e. The zero-order valence-electron chi connectivity index (χ0n) is 7.64. The first-order valence-electron chi connectivity index (χ1n) is 4.61. The fraction of sp³-hybridized carbons (Fsp3) is 0.667. The molecule has 1 aliphatic heterocycles. The van der Waals surface area contributed by atoms with Crippen LogP contribution in [0, 0.1) is 6.92 Å². The Morgan fingerprint density at radius 2 is 2.46 bits per heavy atom. The van der Waals surface area contributed by atoms with Crippen LogP contribution in [0.2, 0.25) is 0 Å². The smallest absolute Gasteiger partial charge is 0.159 e. The summed E-state index contributed by atoms with van der Waals surface area (Å²) < 4.78 is 1.02. The lowest BCUT2D eigenvalue weighted by molar-refractivity contribution is 0.454. The molecule has 1 aromatic heterocycles. The van der Waals surface area contributed by atoms with Crippen molar-refractivity contribution < 1.29 is 0 Å². The Bertz CT molecular complexity index is 292. The third kappa shape index (κ3) is 2.11. The van der Waals surface area contributed by atoms with Crippen LogP contribution in [0.1, 0.15) is 29.3 Å². The number of aromatic nitrogens is 1. The van der Waals surface area contributed by atoms with Crippen molar-refractivity contribution in [3.8, 4) is 0 Å². The molecule has 0 radical (unpaired) electrons. The number of aryl methyl sites for hydroxylation is 1. The SMILES string of the molecule is Cc1sc(Br)nc1C1CCCNC1. The van der Waals surface area contributed by atoms with E-state index in [-0.39, 0.29) is 0 Å². The molecule has 0 bridgehead atoms. The van der Waals surface area contributed by atoms with Crippen molar-refractivity contribution in [2.45, 2.75) is 25.7 Å². The molecule has 13 heavy (non-hydrogen) atoms. The fourth-order valence-electron chi connectivity index (χ4n) is 1.84. The second-order valence-corrected chi connectivity index (χ2v) is 5.93. The zero-order chi connectivity index (χ0) is 9.26. The summed E-state index contributed by atoms with van der Waals surface area (Å²) in [4.78, 5) is 5.89. The average molecular weight is 261 g/mol. The van der Waals surface area contributed by atoms with E-state index >= 15 is 0 Å². The molecule has 1 aliphatic rings. The molecule has 1 saturated heterocycles. The quantitative estimate of drug-likeness (QED) is 0.840. The van der Waals surface area contributed by atoms with Gasteiger partial charge in [-0.3, -0.25) is 0 Å². The predicted molar refractivity (Wildman–Crippen MR) is 59.4 cm³/mol. The van der Waals surface area contributed by atoms with Gasteiger partial charge >= 0.3 is 0 Å². The number of thiazole rings is 1. The van der Waals surface area contributed by atoms with Crippen LogP contribution in [0.15, 0.2) is 3.92 Å². The van der Waals surface area contributed by atoms with Crippen LogP contribution in [0.5, 0.6) is 0 Å². The summed E-state index contributed by atoms with van der Waals surface area (Å²) in [5.41, 5.74) is 1.30. The molecule has 1 aromatic rings. The highest BCUT2D eigenvalue weighted by Gasteiger charge is 2.19. The van der Waals surface area contributed by atoms with Crippen molar-refractivity contribution in [2.75, 3.05) is 13.1 Å².